The van der Waals surface area contributed by atoms with Gasteiger partial charge < -0.3 is 9.84 Å². The Labute approximate surface area is 74.9 Å². The first-order valence-corrected chi connectivity index (χ1v) is 5.09. The van der Waals surface area contributed by atoms with Gasteiger partial charge in [-0.25, -0.2) is 0 Å². The van der Waals surface area contributed by atoms with Crippen molar-refractivity contribution >= 4 is 0 Å². The van der Waals surface area contributed by atoms with Crippen molar-refractivity contribution in [1.82, 2.24) is 0 Å². The van der Waals surface area contributed by atoms with Gasteiger partial charge in [0.1, 0.15) is 0 Å². The van der Waals surface area contributed by atoms with Crippen molar-refractivity contribution in [3.05, 3.63) is 0 Å². The Morgan fingerprint density at radius 1 is 1.50 bits per heavy atom. The van der Waals surface area contributed by atoms with Gasteiger partial charge in [-0.1, -0.05) is 26.7 Å². The molecule has 1 N–H and O–H groups in total. The largest absolute Gasteiger partial charge is 0.365 e. The van der Waals surface area contributed by atoms with E-state index in [1.54, 1.807) is 0 Å². The van der Waals surface area contributed by atoms with Crippen molar-refractivity contribution in [1.29, 1.82) is 0 Å². The Hall–Kier alpha value is -0.0800. The van der Waals surface area contributed by atoms with Crippen molar-refractivity contribution in [2.24, 2.45) is 5.92 Å². The van der Waals surface area contributed by atoms with E-state index in [-0.39, 0.29) is 0 Å². The lowest BCUT2D eigenvalue weighted by Gasteiger charge is -2.42. The highest BCUT2D eigenvalue weighted by molar-refractivity contribution is 4.82. The summed E-state index contributed by atoms with van der Waals surface area (Å²) in [6.07, 6.45) is 5.35. The molecule has 0 bridgehead atoms. The van der Waals surface area contributed by atoms with Crippen LogP contribution >= 0.6 is 0 Å². The van der Waals surface area contributed by atoms with E-state index in [0.29, 0.717) is 5.92 Å². The third-order valence-corrected chi connectivity index (χ3v) is 2.85. The summed E-state index contributed by atoms with van der Waals surface area (Å²) in [5, 5.41) is 9.87. The molecule has 1 rings (SSSR count). The predicted octanol–water partition coefficient (Wildman–Crippen LogP) is 2.31. The predicted molar refractivity (Wildman–Crippen MR) is 48.8 cm³/mol. The van der Waals surface area contributed by atoms with E-state index < -0.39 is 5.79 Å². The first-order valence-electron chi connectivity index (χ1n) is 5.09. The monoisotopic (exact) mass is 172 g/mol. The molecule has 1 aliphatic rings. The summed E-state index contributed by atoms with van der Waals surface area (Å²) >= 11 is 0. The Bertz CT molecular complexity index is 130. The summed E-state index contributed by atoms with van der Waals surface area (Å²) in [6.45, 7) is 5.04. The maximum atomic E-state index is 9.87. The summed E-state index contributed by atoms with van der Waals surface area (Å²) in [4.78, 5) is 0. The molecule has 0 aliphatic carbocycles. The Morgan fingerprint density at radius 2 is 2.17 bits per heavy atom. The lowest BCUT2D eigenvalue weighted by Crippen LogP contribution is -2.49. The van der Waals surface area contributed by atoms with Crippen LogP contribution in [0.25, 0.3) is 0 Å². The van der Waals surface area contributed by atoms with Crippen LogP contribution in [0.5, 0.6) is 0 Å². The Morgan fingerprint density at radius 3 is 2.50 bits per heavy atom. The van der Waals surface area contributed by atoms with Gasteiger partial charge in [0, 0.05) is 12.3 Å². The zero-order chi connectivity index (χ0) is 9.03. The topological polar surface area (TPSA) is 29.5 Å². The van der Waals surface area contributed by atoms with Crippen molar-refractivity contribution in [2.75, 3.05) is 6.61 Å². The second kappa shape index (κ2) is 4.24. The van der Waals surface area contributed by atoms with Gasteiger partial charge >= 0.3 is 0 Å². The normalized spacial score (nSPS) is 31.2. The number of hydrogen-bond donors (Lipinski definition) is 1. The molecule has 0 amide bonds. The van der Waals surface area contributed by atoms with Crippen molar-refractivity contribution in [3.8, 4) is 0 Å². The van der Waals surface area contributed by atoms with Crippen LogP contribution in [0.4, 0.5) is 0 Å². The van der Waals surface area contributed by atoms with Crippen molar-refractivity contribution < 1.29 is 9.84 Å². The molecular formula is C10H20O2. The summed E-state index contributed by atoms with van der Waals surface area (Å²) in [6, 6.07) is 0. The van der Waals surface area contributed by atoms with Gasteiger partial charge in [0.15, 0.2) is 5.79 Å². The first kappa shape index (κ1) is 10.0. The fourth-order valence-electron chi connectivity index (χ4n) is 1.83. The molecular weight excluding hydrogens is 152 g/mol. The van der Waals surface area contributed by atoms with Crippen LogP contribution in [0.3, 0.4) is 0 Å². The molecule has 1 fully saturated rings. The molecule has 2 heteroatoms. The number of aliphatic hydroxyl groups is 1. The average molecular weight is 172 g/mol. The number of hydrogen-bond acceptors (Lipinski definition) is 2. The van der Waals surface area contributed by atoms with Crippen LogP contribution in [0, 0.1) is 5.92 Å². The summed E-state index contributed by atoms with van der Waals surface area (Å²) in [7, 11) is 0. The fraction of sp³-hybridized carbons (Fsp3) is 1.00. The minimum Gasteiger partial charge on any atom is -0.365 e. The summed E-state index contributed by atoms with van der Waals surface area (Å²) < 4.78 is 5.22. The second-order valence-electron chi connectivity index (χ2n) is 3.69. The molecule has 1 saturated heterocycles. The molecule has 0 radical (unpaired) electrons. The molecule has 2 atom stereocenters. The lowest BCUT2D eigenvalue weighted by molar-refractivity contribution is -0.312. The van der Waals surface area contributed by atoms with Crippen LogP contribution in [-0.2, 0) is 4.74 Å². The maximum absolute atomic E-state index is 9.87. The van der Waals surface area contributed by atoms with E-state index in [9.17, 15) is 5.11 Å². The first-order chi connectivity index (χ1) is 5.73. The Balaban J connectivity index is 2.33. The molecule has 0 saturated carbocycles. The summed E-state index contributed by atoms with van der Waals surface area (Å²) in [5.41, 5.74) is 0. The molecule has 1 heterocycles. The zero-order valence-corrected chi connectivity index (χ0v) is 8.18. The van der Waals surface area contributed by atoms with Crippen molar-refractivity contribution in [3.63, 3.8) is 0 Å². The van der Waals surface area contributed by atoms with E-state index in [4.69, 9.17) is 4.74 Å². The highest BCUT2D eigenvalue weighted by Gasteiger charge is 2.42. The molecule has 1 aliphatic heterocycles. The standard InChI is InChI=1S/C10H20O2/c1-3-5-6-9(4-2)10(11)7-8-12-10/h9,11H,3-8H2,1-2H3. The molecule has 2 nitrogen and oxygen atoms in total. The van der Waals surface area contributed by atoms with Crippen LogP contribution in [-0.4, -0.2) is 17.5 Å². The van der Waals surface area contributed by atoms with Gasteiger partial charge in [0.2, 0.25) is 0 Å². The van der Waals surface area contributed by atoms with Crippen LogP contribution in [0.1, 0.15) is 46.0 Å². The molecule has 0 aromatic heterocycles. The second-order valence-corrected chi connectivity index (χ2v) is 3.69. The molecule has 0 spiro atoms. The van der Waals surface area contributed by atoms with E-state index in [1.807, 2.05) is 0 Å². The lowest BCUT2D eigenvalue weighted by atomic mass is 9.86. The van der Waals surface area contributed by atoms with Crippen molar-refractivity contribution in [2.45, 2.75) is 51.7 Å². The third kappa shape index (κ3) is 1.99. The highest BCUT2D eigenvalue weighted by Crippen LogP contribution is 2.36. The molecule has 0 aromatic carbocycles. The van der Waals surface area contributed by atoms with E-state index in [2.05, 4.69) is 13.8 Å². The fourth-order valence-corrected chi connectivity index (χ4v) is 1.83. The van der Waals surface area contributed by atoms with Gasteiger partial charge in [-0.3, -0.25) is 0 Å². The number of unbranched alkanes of at least 4 members (excludes halogenated alkanes) is 1. The van der Waals surface area contributed by atoms with Gasteiger partial charge in [-0.2, -0.15) is 0 Å². The number of rotatable bonds is 5. The van der Waals surface area contributed by atoms with E-state index >= 15 is 0 Å². The minimum absolute atomic E-state index is 0.353. The highest BCUT2D eigenvalue weighted by atomic mass is 16.6. The molecule has 2 unspecified atom stereocenters. The Kier molecular flexibility index (Phi) is 3.53. The van der Waals surface area contributed by atoms with Gasteiger partial charge in [0.05, 0.1) is 6.61 Å². The molecule has 12 heavy (non-hydrogen) atoms. The van der Waals surface area contributed by atoms with Gasteiger partial charge in [-0.15, -0.1) is 0 Å². The van der Waals surface area contributed by atoms with Crippen LogP contribution in [0.2, 0.25) is 0 Å². The average Bonchev–Trinajstić information content (AvgIpc) is 2.02. The maximum Gasteiger partial charge on any atom is 0.170 e. The van der Waals surface area contributed by atoms with Crippen LogP contribution in [0.15, 0.2) is 0 Å². The smallest absolute Gasteiger partial charge is 0.170 e. The van der Waals surface area contributed by atoms with Crippen LogP contribution < -0.4 is 0 Å². The van der Waals surface area contributed by atoms with E-state index in [0.717, 1.165) is 25.9 Å². The SMILES string of the molecule is CCCCC(CC)C1(O)CCO1. The third-order valence-electron chi connectivity index (χ3n) is 2.85. The zero-order valence-electron chi connectivity index (χ0n) is 8.18. The molecule has 0 aromatic rings. The summed E-state index contributed by atoms with van der Waals surface area (Å²) in [5.74, 6) is -0.407. The minimum atomic E-state index is -0.760. The van der Waals surface area contributed by atoms with E-state index in [1.165, 1.54) is 12.8 Å². The van der Waals surface area contributed by atoms with Gasteiger partial charge in [0.25, 0.3) is 0 Å². The molecule has 72 valence electrons. The quantitative estimate of drug-likeness (QED) is 0.689. The van der Waals surface area contributed by atoms with Gasteiger partial charge in [-0.05, 0) is 12.8 Å². The number of ether oxygens (including phenoxy) is 1.